The second-order valence-electron chi connectivity index (χ2n) is 8.72. The Hall–Kier alpha value is -2.85. The highest BCUT2D eigenvalue weighted by Gasteiger charge is 2.23. The van der Waals surface area contributed by atoms with Gasteiger partial charge in [0.25, 0.3) is 0 Å². The number of carbonyl (C=O) groups excluding carboxylic acids is 1. The summed E-state index contributed by atoms with van der Waals surface area (Å²) in [4.78, 5) is 12.2. The number of allylic oxidation sites excluding steroid dienone is 1. The van der Waals surface area contributed by atoms with Crippen molar-refractivity contribution in [1.29, 1.82) is 0 Å². The van der Waals surface area contributed by atoms with E-state index in [1.54, 1.807) is 6.07 Å². The van der Waals surface area contributed by atoms with Crippen molar-refractivity contribution < 1.29 is 9.53 Å². The molecule has 1 N–H and O–H groups in total. The summed E-state index contributed by atoms with van der Waals surface area (Å²) in [6.07, 6.45) is 4.94. The van der Waals surface area contributed by atoms with Gasteiger partial charge in [-0.25, -0.2) is 4.79 Å². The van der Waals surface area contributed by atoms with Crippen LogP contribution in [0.4, 0.5) is 0 Å². The van der Waals surface area contributed by atoms with Gasteiger partial charge in [-0.1, -0.05) is 65.7 Å². The quantitative estimate of drug-likeness (QED) is 0.398. The summed E-state index contributed by atoms with van der Waals surface area (Å²) < 4.78 is 4.96. The van der Waals surface area contributed by atoms with Gasteiger partial charge in [0.1, 0.15) is 0 Å². The van der Waals surface area contributed by atoms with E-state index < -0.39 is 0 Å². The maximum absolute atomic E-state index is 12.2. The monoisotopic (exact) mass is 489 g/mol. The van der Waals surface area contributed by atoms with E-state index in [1.165, 1.54) is 23.8 Å². The van der Waals surface area contributed by atoms with Crippen molar-refractivity contribution in [2.75, 3.05) is 20.2 Å². The van der Waals surface area contributed by atoms with Gasteiger partial charge < -0.3 is 10.1 Å². The molecule has 0 atom stereocenters. The average Bonchev–Trinajstić information content (AvgIpc) is 3.00. The minimum Gasteiger partial charge on any atom is -0.465 e. The normalized spacial score (nSPS) is 15.3. The van der Waals surface area contributed by atoms with Crippen molar-refractivity contribution in [3.63, 3.8) is 0 Å². The number of nitrogens with one attached hydrogen (secondary N) is 1. The molecule has 3 nitrogen and oxygen atoms in total. The molecule has 0 amide bonds. The molecule has 0 saturated carbocycles. The van der Waals surface area contributed by atoms with E-state index in [2.05, 4.69) is 35.7 Å². The Morgan fingerprint density at radius 1 is 0.941 bits per heavy atom. The average molecular weight is 490 g/mol. The summed E-state index contributed by atoms with van der Waals surface area (Å²) in [5.41, 5.74) is 9.92. The lowest BCUT2D eigenvalue weighted by molar-refractivity contribution is 0.0600. The number of esters is 1. The highest BCUT2D eigenvalue weighted by Crippen LogP contribution is 2.42. The van der Waals surface area contributed by atoms with Crippen molar-refractivity contribution in [3.05, 3.63) is 110 Å². The number of halogens is 2. The highest BCUT2D eigenvalue weighted by atomic mass is 35.5. The van der Waals surface area contributed by atoms with Crippen LogP contribution in [-0.2, 0) is 11.2 Å². The lowest BCUT2D eigenvalue weighted by Gasteiger charge is -2.19. The zero-order valence-electron chi connectivity index (χ0n) is 19.0. The Labute approximate surface area is 210 Å². The van der Waals surface area contributed by atoms with Gasteiger partial charge in [-0.05, 0) is 88.1 Å². The van der Waals surface area contributed by atoms with Crippen LogP contribution < -0.4 is 5.32 Å². The van der Waals surface area contributed by atoms with Crippen LogP contribution in [0.5, 0.6) is 0 Å². The first-order valence-corrected chi connectivity index (χ1v) is 12.2. The van der Waals surface area contributed by atoms with Crippen LogP contribution in [0, 0.1) is 0 Å². The number of methoxy groups -OCH3 is 1. The summed E-state index contributed by atoms with van der Waals surface area (Å²) in [5.74, 6) is -0.318. The van der Waals surface area contributed by atoms with Crippen LogP contribution in [0.15, 0.2) is 66.2 Å². The summed E-state index contributed by atoms with van der Waals surface area (Å²) >= 11 is 12.9. The molecular weight excluding hydrogens is 465 g/mol. The van der Waals surface area contributed by atoms with Crippen molar-refractivity contribution in [2.45, 2.75) is 19.3 Å². The second kappa shape index (κ2) is 9.79. The van der Waals surface area contributed by atoms with Gasteiger partial charge in [0.05, 0.1) is 12.7 Å². The van der Waals surface area contributed by atoms with E-state index in [9.17, 15) is 4.79 Å². The first-order chi connectivity index (χ1) is 16.5. The number of aryl methyl sites for hydroxylation is 1. The second-order valence-corrected chi connectivity index (χ2v) is 9.57. The summed E-state index contributed by atoms with van der Waals surface area (Å²) in [7, 11) is 1.41. The molecule has 2 aliphatic rings. The molecule has 0 spiro atoms. The number of fused-ring (bicyclic) bond motifs is 1. The fourth-order valence-corrected chi connectivity index (χ4v) is 5.24. The van der Waals surface area contributed by atoms with Crippen LogP contribution in [0.3, 0.4) is 0 Å². The van der Waals surface area contributed by atoms with Crippen LogP contribution in [-0.4, -0.2) is 26.2 Å². The molecule has 3 aromatic rings. The van der Waals surface area contributed by atoms with Crippen LogP contribution in [0.1, 0.15) is 51.0 Å². The standard InChI is InChI=1S/C29H25Cl2NO2/c1-34-29(33)22-9-11-24-21(14-22)3-2-4-26(25-12-10-23(30)15-27(25)31)28(24)20-7-5-18(6-8-20)13-19-16-32-17-19/h5-15,32H,2-4,16-17H2,1H3. The predicted octanol–water partition coefficient (Wildman–Crippen LogP) is 7.06. The van der Waals surface area contributed by atoms with Crippen molar-refractivity contribution in [2.24, 2.45) is 0 Å². The number of benzene rings is 3. The first-order valence-electron chi connectivity index (χ1n) is 11.4. The smallest absolute Gasteiger partial charge is 0.337 e. The molecule has 0 unspecified atom stereocenters. The van der Waals surface area contributed by atoms with Crippen LogP contribution >= 0.6 is 23.2 Å². The van der Waals surface area contributed by atoms with Gasteiger partial charge in [0.15, 0.2) is 0 Å². The van der Waals surface area contributed by atoms with Crippen LogP contribution in [0.2, 0.25) is 10.0 Å². The molecule has 1 aliphatic carbocycles. The number of rotatable bonds is 4. The molecule has 172 valence electrons. The minimum atomic E-state index is -0.318. The molecule has 1 aliphatic heterocycles. The molecule has 34 heavy (non-hydrogen) atoms. The molecule has 1 heterocycles. The third kappa shape index (κ3) is 4.56. The topological polar surface area (TPSA) is 38.3 Å². The lowest BCUT2D eigenvalue weighted by atomic mass is 9.87. The fraction of sp³-hybridized carbons (Fsp3) is 0.207. The minimum absolute atomic E-state index is 0.318. The zero-order chi connectivity index (χ0) is 23.7. The number of hydrogen-bond donors (Lipinski definition) is 1. The molecule has 5 heteroatoms. The molecule has 5 rings (SSSR count). The van der Waals surface area contributed by atoms with Crippen molar-refractivity contribution >= 4 is 46.4 Å². The molecule has 3 aromatic carbocycles. The molecule has 1 saturated heterocycles. The molecule has 1 fully saturated rings. The van der Waals surface area contributed by atoms with E-state index in [0.29, 0.717) is 15.6 Å². The third-order valence-corrected chi connectivity index (χ3v) is 7.05. The Kier molecular flexibility index (Phi) is 6.60. The lowest BCUT2D eigenvalue weighted by Crippen LogP contribution is -2.33. The summed E-state index contributed by atoms with van der Waals surface area (Å²) in [6, 6.07) is 20.3. The third-order valence-electron chi connectivity index (χ3n) is 6.50. The van der Waals surface area contributed by atoms with Gasteiger partial charge in [0, 0.05) is 23.1 Å². The first kappa shape index (κ1) is 22.9. The van der Waals surface area contributed by atoms with E-state index in [1.807, 2.05) is 30.3 Å². The summed E-state index contributed by atoms with van der Waals surface area (Å²) in [6.45, 7) is 1.92. The highest BCUT2D eigenvalue weighted by molar-refractivity contribution is 6.36. The van der Waals surface area contributed by atoms with Gasteiger partial charge in [-0.2, -0.15) is 0 Å². The van der Waals surface area contributed by atoms with E-state index in [4.69, 9.17) is 27.9 Å². The number of hydrogen-bond acceptors (Lipinski definition) is 3. The molecule has 0 aromatic heterocycles. The number of ether oxygens (including phenoxy) is 1. The largest absolute Gasteiger partial charge is 0.465 e. The maximum atomic E-state index is 12.2. The van der Waals surface area contributed by atoms with E-state index >= 15 is 0 Å². The van der Waals surface area contributed by atoms with Crippen LogP contribution in [0.25, 0.3) is 17.2 Å². The zero-order valence-corrected chi connectivity index (χ0v) is 20.5. The molecule has 0 bridgehead atoms. The Bertz CT molecular complexity index is 1320. The van der Waals surface area contributed by atoms with Gasteiger partial charge in [-0.15, -0.1) is 0 Å². The Morgan fingerprint density at radius 3 is 2.38 bits per heavy atom. The molecular formula is C29H25Cl2NO2. The van der Waals surface area contributed by atoms with Gasteiger partial charge in [0.2, 0.25) is 0 Å². The SMILES string of the molecule is COC(=O)c1ccc2c(c1)CCCC(c1ccc(Cl)cc1Cl)=C2c1ccc(C=C2CNC2)cc1. The summed E-state index contributed by atoms with van der Waals surface area (Å²) in [5, 5.41) is 4.55. The predicted molar refractivity (Wildman–Crippen MR) is 140 cm³/mol. The maximum Gasteiger partial charge on any atom is 0.337 e. The Balaban J connectivity index is 1.69. The van der Waals surface area contributed by atoms with E-state index in [0.717, 1.165) is 60.2 Å². The number of carbonyl (C=O) groups is 1. The van der Waals surface area contributed by atoms with Crippen molar-refractivity contribution in [1.82, 2.24) is 5.32 Å². The van der Waals surface area contributed by atoms with Gasteiger partial charge in [-0.3, -0.25) is 0 Å². The van der Waals surface area contributed by atoms with Gasteiger partial charge >= 0.3 is 5.97 Å². The Morgan fingerprint density at radius 2 is 1.71 bits per heavy atom. The molecule has 0 radical (unpaired) electrons. The fourth-order valence-electron chi connectivity index (χ4n) is 4.72. The van der Waals surface area contributed by atoms with E-state index in [-0.39, 0.29) is 5.97 Å². The van der Waals surface area contributed by atoms with Crippen molar-refractivity contribution in [3.8, 4) is 0 Å².